The van der Waals surface area contributed by atoms with E-state index >= 15 is 0 Å². The molecule has 0 saturated carbocycles. The Kier molecular flexibility index (Phi) is 5.14. The maximum Gasteiger partial charge on any atom is 0.256 e. The number of carbonyl (C=O) groups is 3. The molecule has 1 aliphatic rings. The highest BCUT2D eigenvalue weighted by molar-refractivity contribution is 7.08. The molecule has 1 aromatic carbocycles. The summed E-state index contributed by atoms with van der Waals surface area (Å²) in [6, 6.07) is 8.74. The van der Waals surface area contributed by atoms with E-state index in [9.17, 15) is 14.4 Å². The molecule has 1 aliphatic heterocycles. The van der Waals surface area contributed by atoms with Crippen LogP contribution in [0, 0.1) is 0 Å². The minimum Gasteiger partial charge on any atom is -0.339 e. The summed E-state index contributed by atoms with van der Waals surface area (Å²) in [5.74, 6) is -0.345. The Morgan fingerprint density at radius 1 is 1.00 bits per heavy atom. The maximum absolute atomic E-state index is 12.8. The number of hydrogen-bond donors (Lipinski definition) is 1. The first kappa shape index (κ1) is 17.2. The van der Waals surface area contributed by atoms with E-state index < -0.39 is 0 Å². The van der Waals surface area contributed by atoms with Crippen LogP contribution in [0.5, 0.6) is 0 Å². The summed E-state index contributed by atoms with van der Waals surface area (Å²) < 4.78 is 0. The van der Waals surface area contributed by atoms with Crippen molar-refractivity contribution >= 4 is 34.7 Å². The number of rotatable bonds is 3. The molecule has 3 amide bonds. The fourth-order valence-corrected chi connectivity index (χ4v) is 3.40. The van der Waals surface area contributed by atoms with Crippen molar-refractivity contribution in [1.82, 2.24) is 9.80 Å². The molecule has 0 unspecified atom stereocenters. The monoisotopic (exact) mass is 357 g/mol. The van der Waals surface area contributed by atoms with E-state index in [4.69, 9.17) is 0 Å². The molecular weight excluding hydrogens is 338 g/mol. The minimum absolute atomic E-state index is 0.0236. The molecule has 130 valence electrons. The van der Waals surface area contributed by atoms with E-state index in [0.717, 1.165) is 0 Å². The lowest BCUT2D eigenvalue weighted by Crippen LogP contribution is -2.50. The minimum atomic E-state index is -0.233. The van der Waals surface area contributed by atoms with E-state index in [1.54, 1.807) is 45.5 Å². The van der Waals surface area contributed by atoms with E-state index in [2.05, 4.69) is 5.32 Å². The SMILES string of the molecule is CC(=O)N1CCN(C(=O)c2ccccc2NC(=O)c2ccsc2)CC1. The second kappa shape index (κ2) is 7.48. The van der Waals surface area contributed by atoms with E-state index in [0.29, 0.717) is 43.0 Å². The van der Waals surface area contributed by atoms with Gasteiger partial charge in [0.05, 0.1) is 16.8 Å². The first-order valence-electron chi connectivity index (χ1n) is 8.03. The lowest BCUT2D eigenvalue weighted by molar-refractivity contribution is -0.130. The third kappa shape index (κ3) is 3.88. The molecule has 0 radical (unpaired) electrons. The molecule has 0 bridgehead atoms. The molecule has 0 spiro atoms. The fourth-order valence-electron chi connectivity index (χ4n) is 2.76. The van der Waals surface area contributed by atoms with Crippen molar-refractivity contribution in [2.45, 2.75) is 6.92 Å². The van der Waals surface area contributed by atoms with Crippen LogP contribution in [0.15, 0.2) is 41.1 Å². The molecule has 3 rings (SSSR count). The lowest BCUT2D eigenvalue weighted by Gasteiger charge is -2.34. The zero-order valence-corrected chi connectivity index (χ0v) is 14.7. The molecule has 25 heavy (non-hydrogen) atoms. The van der Waals surface area contributed by atoms with Crippen molar-refractivity contribution in [2.24, 2.45) is 0 Å². The van der Waals surface area contributed by atoms with Gasteiger partial charge in [0.25, 0.3) is 11.8 Å². The standard InChI is InChI=1S/C18H19N3O3S/c1-13(22)20-7-9-21(10-8-20)18(24)15-4-2-3-5-16(15)19-17(23)14-6-11-25-12-14/h2-6,11-12H,7-10H2,1H3,(H,19,23). The Balaban J connectivity index is 1.73. The second-order valence-electron chi connectivity index (χ2n) is 5.81. The van der Waals surface area contributed by atoms with E-state index in [-0.39, 0.29) is 17.7 Å². The zero-order valence-electron chi connectivity index (χ0n) is 13.9. The van der Waals surface area contributed by atoms with Gasteiger partial charge in [-0.2, -0.15) is 11.3 Å². The van der Waals surface area contributed by atoms with Gasteiger partial charge in [0.15, 0.2) is 0 Å². The van der Waals surface area contributed by atoms with E-state index in [1.807, 2.05) is 5.38 Å². The second-order valence-corrected chi connectivity index (χ2v) is 6.59. The van der Waals surface area contributed by atoms with Gasteiger partial charge in [-0.3, -0.25) is 14.4 Å². The summed E-state index contributed by atoms with van der Waals surface area (Å²) in [5, 5.41) is 6.41. The van der Waals surface area contributed by atoms with Crippen LogP contribution in [0.2, 0.25) is 0 Å². The molecule has 6 nitrogen and oxygen atoms in total. The number of nitrogens with zero attached hydrogens (tertiary/aromatic N) is 2. The average Bonchev–Trinajstić information content (AvgIpc) is 3.16. The molecule has 1 saturated heterocycles. The molecule has 2 heterocycles. The molecule has 1 aromatic heterocycles. The van der Waals surface area contributed by atoms with Gasteiger partial charge in [0, 0.05) is 38.5 Å². The largest absolute Gasteiger partial charge is 0.339 e. The Morgan fingerprint density at radius 3 is 2.32 bits per heavy atom. The number of benzene rings is 1. The smallest absolute Gasteiger partial charge is 0.256 e. The molecule has 2 aromatic rings. The predicted molar refractivity (Wildman–Crippen MR) is 96.9 cm³/mol. The van der Waals surface area contributed by atoms with Crippen LogP contribution in [0.1, 0.15) is 27.6 Å². The number of carbonyl (C=O) groups excluding carboxylic acids is 3. The highest BCUT2D eigenvalue weighted by Gasteiger charge is 2.25. The van der Waals surface area contributed by atoms with Crippen LogP contribution in [-0.2, 0) is 4.79 Å². The van der Waals surface area contributed by atoms with Gasteiger partial charge >= 0.3 is 0 Å². The number of anilines is 1. The normalized spacial score (nSPS) is 14.3. The number of thiophene rings is 1. The van der Waals surface area contributed by atoms with Gasteiger partial charge in [-0.25, -0.2) is 0 Å². The first-order chi connectivity index (χ1) is 12.1. The van der Waals surface area contributed by atoms with Crippen molar-refractivity contribution < 1.29 is 14.4 Å². The third-order valence-corrected chi connectivity index (χ3v) is 4.88. The highest BCUT2D eigenvalue weighted by Crippen LogP contribution is 2.20. The highest BCUT2D eigenvalue weighted by atomic mass is 32.1. The molecule has 0 aliphatic carbocycles. The number of para-hydroxylation sites is 1. The average molecular weight is 357 g/mol. The van der Waals surface area contributed by atoms with Gasteiger partial charge in [0.1, 0.15) is 0 Å². The van der Waals surface area contributed by atoms with Crippen LogP contribution in [0.3, 0.4) is 0 Å². The third-order valence-electron chi connectivity index (χ3n) is 4.20. The lowest BCUT2D eigenvalue weighted by atomic mass is 10.1. The number of piperazine rings is 1. The predicted octanol–water partition coefficient (Wildman–Crippen LogP) is 2.30. The van der Waals surface area contributed by atoms with Gasteiger partial charge in [-0.15, -0.1) is 0 Å². The van der Waals surface area contributed by atoms with Crippen molar-refractivity contribution in [3.63, 3.8) is 0 Å². The fraction of sp³-hybridized carbons (Fsp3) is 0.278. The molecule has 0 atom stereocenters. The van der Waals surface area contributed by atoms with Crippen LogP contribution < -0.4 is 5.32 Å². The van der Waals surface area contributed by atoms with Gasteiger partial charge < -0.3 is 15.1 Å². The van der Waals surface area contributed by atoms with Crippen molar-refractivity contribution in [1.29, 1.82) is 0 Å². The van der Waals surface area contributed by atoms with Gasteiger partial charge in [-0.1, -0.05) is 12.1 Å². The quantitative estimate of drug-likeness (QED) is 0.916. The summed E-state index contributed by atoms with van der Waals surface area (Å²) in [5.41, 5.74) is 1.53. The Bertz CT molecular complexity index is 781. The molecule has 1 N–H and O–H groups in total. The van der Waals surface area contributed by atoms with E-state index in [1.165, 1.54) is 18.3 Å². The number of hydrogen-bond acceptors (Lipinski definition) is 4. The molecular formula is C18H19N3O3S. The first-order valence-corrected chi connectivity index (χ1v) is 8.98. The Morgan fingerprint density at radius 2 is 1.68 bits per heavy atom. The van der Waals surface area contributed by atoms with Crippen LogP contribution in [-0.4, -0.2) is 53.7 Å². The Hall–Kier alpha value is -2.67. The number of nitrogens with one attached hydrogen (secondary N) is 1. The van der Waals surface area contributed by atoms with Crippen LogP contribution in [0.4, 0.5) is 5.69 Å². The summed E-state index contributed by atoms with van der Waals surface area (Å²) >= 11 is 1.45. The van der Waals surface area contributed by atoms with Crippen LogP contribution in [0.25, 0.3) is 0 Å². The van der Waals surface area contributed by atoms with Gasteiger partial charge in [0.2, 0.25) is 5.91 Å². The summed E-state index contributed by atoms with van der Waals surface area (Å²) in [7, 11) is 0. The zero-order chi connectivity index (χ0) is 17.8. The number of amides is 3. The van der Waals surface area contributed by atoms with Gasteiger partial charge in [-0.05, 0) is 23.6 Å². The summed E-state index contributed by atoms with van der Waals surface area (Å²) in [4.78, 5) is 40.0. The maximum atomic E-state index is 12.8. The molecule has 7 heteroatoms. The van der Waals surface area contributed by atoms with Crippen molar-refractivity contribution in [3.8, 4) is 0 Å². The summed E-state index contributed by atoms with van der Waals surface area (Å²) in [6.07, 6.45) is 0. The van der Waals surface area contributed by atoms with Crippen molar-refractivity contribution in [2.75, 3.05) is 31.5 Å². The van der Waals surface area contributed by atoms with Crippen molar-refractivity contribution in [3.05, 3.63) is 52.2 Å². The topological polar surface area (TPSA) is 69.7 Å². The molecule has 1 fully saturated rings. The van der Waals surface area contributed by atoms with Crippen LogP contribution >= 0.6 is 11.3 Å². The summed E-state index contributed by atoms with van der Waals surface area (Å²) in [6.45, 7) is 3.58. The Labute approximate surface area is 150 Å².